The highest BCUT2D eigenvalue weighted by Crippen LogP contribution is 2.48. The molecule has 7 nitrogen and oxygen atoms in total. The van der Waals surface area contributed by atoms with Crippen molar-refractivity contribution in [3.8, 4) is 0 Å². The van der Waals surface area contributed by atoms with E-state index in [2.05, 4.69) is 144 Å². The number of quaternary nitrogens is 2. The van der Waals surface area contributed by atoms with Crippen LogP contribution in [-0.2, 0) is 15.6 Å². The van der Waals surface area contributed by atoms with Crippen molar-refractivity contribution in [2.45, 2.75) is 96.8 Å². The Bertz CT molecular complexity index is 1580. The number of para-hydroxylation sites is 2. The Morgan fingerprint density at radius 1 is 0.808 bits per heavy atom. The summed E-state index contributed by atoms with van der Waals surface area (Å²) in [6.07, 6.45) is 15.0. The summed E-state index contributed by atoms with van der Waals surface area (Å²) in [4.78, 5) is 15.2. The van der Waals surface area contributed by atoms with Gasteiger partial charge in [-0.1, -0.05) is 69.7 Å². The summed E-state index contributed by atoms with van der Waals surface area (Å²) < 4.78 is 4.55. The minimum atomic E-state index is -0.0870. The maximum Gasteiger partial charge on any atom is 0.219 e. The van der Waals surface area contributed by atoms with Gasteiger partial charge >= 0.3 is 0 Å². The molecule has 0 atom stereocenters. The summed E-state index contributed by atoms with van der Waals surface area (Å²) >= 11 is 0. The van der Waals surface area contributed by atoms with Gasteiger partial charge in [0.15, 0.2) is 5.71 Å². The third-order valence-electron chi connectivity index (χ3n) is 11.6. The van der Waals surface area contributed by atoms with E-state index in [4.69, 9.17) is 5.73 Å². The third-order valence-corrected chi connectivity index (χ3v) is 11.6. The number of nitrogens with two attached hydrogens (primary N) is 1. The number of amides is 1. The van der Waals surface area contributed by atoms with Crippen LogP contribution in [0.25, 0.3) is 0 Å². The highest BCUT2D eigenvalue weighted by atomic mass is 16.1. The minimum Gasteiger partial charge on any atom is -0.356 e. The first-order valence-corrected chi connectivity index (χ1v) is 20.3. The lowest BCUT2D eigenvalue weighted by Crippen LogP contribution is -2.46. The molecule has 52 heavy (non-hydrogen) atoms. The number of hydrogen-bond acceptors (Lipinski definition) is 3. The van der Waals surface area contributed by atoms with Crippen molar-refractivity contribution in [3.05, 3.63) is 83.6 Å². The number of carbonyl (C=O) groups is 1. The Morgan fingerprint density at radius 3 is 2.13 bits per heavy atom. The SMILES string of the molecule is CCC[N+]1=C(C=CC=C2N(CCCCCC(=O)NCCC[N+](C)(C)CCC[N+](C)(C)CCCN)c3ccccc3C2(C)C)C(C)(C)c2ccccc21. The van der Waals surface area contributed by atoms with Crippen LogP contribution >= 0.6 is 0 Å². The fraction of sp³-hybridized carbons (Fsp3) is 0.600. The predicted octanol–water partition coefficient (Wildman–Crippen LogP) is 7.67. The van der Waals surface area contributed by atoms with Crippen molar-refractivity contribution in [2.24, 2.45) is 5.73 Å². The average Bonchev–Trinajstić information content (AvgIpc) is 3.44. The van der Waals surface area contributed by atoms with Crippen molar-refractivity contribution >= 4 is 23.0 Å². The van der Waals surface area contributed by atoms with Crippen LogP contribution in [0.15, 0.2) is 72.5 Å². The lowest BCUT2D eigenvalue weighted by atomic mass is 9.81. The Balaban J connectivity index is 1.27. The molecule has 0 saturated heterocycles. The van der Waals surface area contributed by atoms with Crippen molar-refractivity contribution in [2.75, 3.05) is 85.4 Å². The topological polar surface area (TPSA) is 61.4 Å². The van der Waals surface area contributed by atoms with Gasteiger partial charge in [-0.25, -0.2) is 0 Å². The number of carbonyl (C=O) groups excluding carboxylic acids is 1. The van der Waals surface area contributed by atoms with Gasteiger partial charge in [-0.05, 0) is 50.9 Å². The zero-order valence-corrected chi connectivity index (χ0v) is 34.4. The van der Waals surface area contributed by atoms with E-state index in [1.807, 2.05) is 0 Å². The van der Waals surface area contributed by atoms with E-state index in [1.165, 1.54) is 46.9 Å². The fourth-order valence-electron chi connectivity index (χ4n) is 8.44. The van der Waals surface area contributed by atoms with E-state index in [9.17, 15) is 4.79 Å². The molecule has 3 N–H and O–H groups in total. The van der Waals surface area contributed by atoms with E-state index in [1.54, 1.807) is 0 Å². The quantitative estimate of drug-likeness (QED) is 0.0794. The Kier molecular flexibility index (Phi) is 14.5. The van der Waals surface area contributed by atoms with Crippen LogP contribution in [0, 0.1) is 0 Å². The minimum absolute atomic E-state index is 0.0435. The molecule has 0 saturated carbocycles. The van der Waals surface area contributed by atoms with Crippen LogP contribution in [0.5, 0.6) is 0 Å². The second kappa shape index (κ2) is 18.2. The summed E-state index contributed by atoms with van der Waals surface area (Å²) in [5.41, 5.74) is 13.7. The molecule has 1 amide bonds. The van der Waals surface area contributed by atoms with Gasteiger partial charge in [0.25, 0.3) is 0 Å². The van der Waals surface area contributed by atoms with Gasteiger partial charge < -0.3 is 24.9 Å². The summed E-state index contributed by atoms with van der Waals surface area (Å²) in [5, 5.41) is 3.19. The monoisotopic (exact) mass is 714 g/mol. The van der Waals surface area contributed by atoms with E-state index >= 15 is 0 Å². The van der Waals surface area contributed by atoms with E-state index in [0.717, 1.165) is 93.3 Å². The summed E-state index contributed by atoms with van der Waals surface area (Å²) in [6, 6.07) is 17.8. The van der Waals surface area contributed by atoms with E-state index in [0.29, 0.717) is 6.42 Å². The highest BCUT2D eigenvalue weighted by Gasteiger charge is 2.44. The molecule has 0 fully saturated rings. The van der Waals surface area contributed by atoms with Gasteiger partial charge in [0, 0.05) is 79.7 Å². The van der Waals surface area contributed by atoms with Crippen molar-refractivity contribution in [3.63, 3.8) is 0 Å². The molecule has 2 aliphatic rings. The molecule has 2 aliphatic heterocycles. The zero-order chi connectivity index (χ0) is 38.0. The number of hydrogen-bond donors (Lipinski definition) is 2. The number of fused-ring (bicyclic) bond motifs is 2. The number of rotatable bonds is 21. The van der Waals surface area contributed by atoms with Crippen LogP contribution < -0.4 is 16.0 Å². The first-order valence-electron chi connectivity index (χ1n) is 20.3. The van der Waals surface area contributed by atoms with E-state index < -0.39 is 0 Å². The summed E-state index contributed by atoms with van der Waals surface area (Å²) in [6.45, 7) is 19.7. The van der Waals surface area contributed by atoms with E-state index in [-0.39, 0.29) is 16.7 Å². The average molecular weight is 714 g/mol. The van der Waals surface area contributed by atoms with Crippen LogP contribution in [0.4, 0.5) is 11.4 Å². The molecule has 0 aliphatic carbocycles. The summed E-state index contributed by atoms with van der Waals surface area (Å²) in [7, 11) is 9.24. The van der Waals surface area contributed by atoms with Crippen molar-refractivity contribution in [1.82, 2.24) is 5.32 Å². The lowest BCUT2D eigenvalue weighted by Gasteiger charge is -2.33. The second-order valence-corrected chi connectivity index (χ2v) is 17.7. The van der Waals surface area contributed by atoms with Crippen LogP contribution in [0.2, 0.25) is 0 Å². The molecule has 2 heterocycles. The van der Waals surface area contributed by atoms with Crippen LogP contribution in [0.1, 0.15) is 97.1 Å². The normalized spacial score (nSPS) is 17.3. The molecule has 0 aromatic heterocycles. The molecule has 0 spiro atoms. The predicted molar refractivity (Wildman–Crippen MR) is 222 cm³/mol. The molecule has 2 aromatic carbocycles. The maximum absolute atomic E-state index is 12.7. The Labute approximate surface area is 317 Å². The number of nitrogens with zero attached hydrogens (tertiary/aromatic N) is 4. The smallest absolute Gasteiger partial charge is 0.219 e. The van der Waals surface area contributed by atoms with Gasteiger partial charge in [-0.3, -0.25) is 4.79 Å². The Morgan fingerprint density at radius 2 is 1.44 bits per heavy atom. The fourth-order valence-corrected chi connectivity index (χ4v) is 8.44. The standard InChI is InChI=1S/C45H72N6O/c1-10-31-48-39-24-15-13-22-37(39)44(2,3)41(48)26-18-27-42-45(4,5)38-23-14-16-25-40(38)49(42)32-17-11-12-28-43(52)47-30-20-34-51(8,9)36-21-35-50(6,7)33-19-29-46/h13-16,18,22-27H,10-12,17,19-21,28-36,46H2,1-9H3/q+2/p+1. The zero-order valence-electron chi connectivity index (χ0n) is 34.4. The van der Waals surface area contributed by atoms with Gasteiger partial charge in [-0.15, -0.1) is 0 Å². The molecule has 4 rings (SSSR count). The molecule has 286 valence electrons. The number of nitrogens with one attached hydrogen (secondary N) is 1. The second-order valence-electron chi connectivity index (χ2n) is 17.7. The third kappa shape index (κ3) is 10.4. The molecule has 7 heteroatoms. The lowest BCUT2D eigenvalue weighted by molar-refractivity contribution is -0.909. The first-order chi connectivity index (χ1) is 24.6. The number of unbranched alkanes of at least 4 members (excludes halogenated alkanes) is 2. The Hall–Kier alpha value is -3.26. The van der Waals surface area contributed by atoms with Crippen LogP contribution in [0.3, 0.4) is 0 Å². The van der Waals surface area contributed by atoms with Crippen molar-refractivity contribution in [1.29, 1.82) is 0 Å². The largest absolute Gasteiger partial charge is 0.356 e. The summed E-state index contributed by atoms with van der Waals surface area (Å²) in [5.74, 6) is 0.189. The van der Waals surface area contributed by atoms with Crippen molar-refractivity contribution < 1.29 is 18.3 Å². The van der Waals surface area contributed by atoms with Gasteiger partial charge in [0.2, 0.25) is 11.6 Å². The molecular weight excluding hydrogens is 641 g/mol. The number of benzene rings is 2. The van der Waals surface area contributed by atoms with Crippen LogP contribution in [-0.4, -0.2) is 106 Å². The van der Waals surface area contributed by atoms with Gasteiger partial charge in [0.05, 0.1) is 59.8 Å². The maximum atomic E-state index is 12.7. The molecule has 2 aromatic rings. The highest BCUT2D eigenvalue weighted by molar-refractivity contribution is 6.03. The van der Waals surface area contributed by atoms with Gasteiger partial charge in [0.1, 0.15) is 6.54 Å². The molecule has 0 radical (unpaired) electrons. The first kappa shape index (κ1) is 41.5. The molecule has 0 unspecified atom stereocenters. The molecule has 0 bridgehead atoms. The number of allylic oxidation sites excluding steroid dienone is 4. The number of anilines is 1. The van der Waals surface area contributed by atoms with Gasteiger partial charge in [-0.2, -0.15) is 4.58 Å². The molecular formula is C45H73N6O+3.